The van der Waals surface area contributed by atoms with E-state index in [9.17, 15) is 27.5 Å². The maximum atomic E-state index is 12.9. The lowest BCUT2D eigenvalue weighted by Gasteiger charge is -2.08. The molecule has 3 rings (SSSR count). The Bertz CT molecular complexity index is 1250. The summed E-state index contributed by atoms with van der Waals surface area (Å²) in [5, 5.41) is 12.4. The van der Waals surface area contributed by atoms with Crippen LogP contribution < -0.4 is 10.2 Å². The van der Waals surface area contributed by atoms with Crippen LogP contribution in [0.4, 0.5) is 4.39 Å². The van der Waals surface area contributed by atoms with Crippen LogP contribution in [0.3, 0.4) is 0 Å². The predicted octanol–water partition coefficient (Wildman–Crippen LogP) is 2.16. The molecule has 1 aromatic heterocycles. The number of aromatic nitrogens is 1. The summed E-state index contributed by atoms with van der Waals surface area (Å²) in [6.07, 6.45) is 1.26. The number of H-pyrrole nitrogens is 1. The predicted molar refractivity (Wildman–Crippen MR) is 125 cm³/mol. The van der Waals surface area contributed by atoms with Gasteiger partial charge < -0.3 is 20.1 Å². The van der Waals surface area contributed by atoms with Gasteiger partial charge in [0.2, 0.25) is 5.91 Å². The lowest BCUT2D eigenvalue weighted by molar-refractivity contribution is -0.118. The number of phenolic OH excluding ortho intramolecular Hbond substituents is 1. The van der Waals surface area contributed by atoms with Gasteiger partial charge in [-0.1, -0.05) is 29.5 Å². The Balaban J connectivity index is 1.34. The quantitative estimate of drug-likeness (QED) is 0.330. The fourth-order valence-corrected chi connectivity index (χ4v) is 5.35. The molecule has 33 heavy (non-hydrogen) atoms. The van der Waals surface area contributed by atoms with E-state index in [1.807, 2.05) is 0 Å². The molecule has 0 aliphatic heterocycles. The van der Waals surface area contributed by atoms with Crippen molar-refractivity contribution in [2.45, 2.75) is 19.3 Å². The van der Waals surface area contributed by atoms with E-state index < -0.39 is 21.5 Å². The third-order valence-corrected chi connectivity index (χ3v) is 7.47. The molecule has 0 bridgehead atoms. The monoisotopic (exact) mass is 496 g/mol. The van der Waals surface area contributed by atoms with Crippen LogP contribution in [-0.4, -0.2) is 55.7 Å². The largest absolute Gasteiger partial charge is 0.506 e. The maximum Gasteiger partial charge on any atom is 0.305 e. The number of hydrogen-bond acceptors (Lipinski definition) is 7. The Labute approximate surface area is 194 Å². The molecule has 0 aliphatic rings. The number of carbonyl (C=O) groups is 1. The third-order valence-electron chi connectivity index (χ3n) is 4.90. The number of phenols is 1. The highest BCUT2D eigenvalue weighted by molar-refractivity contribution is 7.92. The number of aromatic hydroxyl groups is 1. The molecule has 0 saturated heterocycles. The second kappa shape index (κ2) is 11.4. The number of benzene rings is 2. The molecule has 2 aromatic carbocycles. The molecule has 178 valence electrons. The van der Waals surface area contributed by atoms with Gasteiger partial charge in [0.25, 0.3) is 0 Å². The molecule has 3 N–H and O–H groups in total. The minimum absolute atomic E-state index is 0.0262. The van der Waals surface area contributed by atoms with Crippen LogP contribution in [0.5, 0.6) is 5.75 Å². The van der Waals surface area contributed by atoms with Gasteiger partial charge in [0.1, 0.15) is 22.8 Å². The van der Waals surface area contributed by atoms with E-state index in [1.54, 1.807) is 18.2 Å². The first kappa shape index (κ1) is 24.9. The fourth-order valence-electron chi connectivity index (χ4n) is 3.25. The van der Waals surface area contributed by atoms with Crippen LogP contribution in [0.1, 0.15) is 17.5 Å². The first-order valence-electron chi connectivity index (χ1n) is 10.4. The molecule has 0 unspecified atom stereocenters. The Kier molecular flexibility index (Phi) is 8.59. The Hall–Kier alpha value is -2.76. The number of sulfone groups is 1. The van der Waals surface area contributed by atoms with E-state index in [0.29, 0.717) is 29.7 Å². The van der Waals surface area contributed by atoms with Crippen LogP contribution in [0.25, 0.3) is 10.2 Å². The van der Waals surface area contributed by atoms with Crippen molar-refractivity contribution < 1.29 is 27.4 Å². The van der Waals surface area contributed by atoms with Crippen LogP contribution >= 0.6 is 11.3 Å². The molecule has 0 atom stereocenters. The topological polar surface area (TPSA) is 126 Å². The number of fused-ring (bicyclic) bond motifs is 1. The summed E-state index contributed by atoms with van der Waals surface area (Å²) in [6.45, 7) is 0.845. The zero-order chi connectivity index (χ0) is 23.8. The highest BCUT2D eigenvalue weighted by Crippen LogP contribution is 2.27. The average molecular weight is 497 g/mol. The van der Waals surface area contributed by atoms with Gasteiger partial charge in [-0.25, -0.2) is 12.8 Å². The molecule has 0 aliphatic carbocycles. The Morgan fingerprint density at radius 2 is 1.88 bits per heavy atom. The lowest BCUT2D eigenvalue weighted by atomic mass is 10.1. The van der Waals surface area contributed by atoms with E-state index in [-0.39, 0.29) is 41.8 Å². The minimum Gasteiger partial charge on any atom is -0.506 e. The van der Waals surface area contributed by atoms with E-state index in [4.69, 9.17) is 4.74 Å². The lowest BCUT2D eigenvalue weighted by Crippen LogP contribution is -2.32. The van der Waals surface area contributed by atoms with Gasteiger partial charge in [0.05, 0.1) is 17.1 Å². The van der Waals surface area contributed by atoms with Crippen LogP contribution in [0.15, 0.2) is 41.2 Å². The van der Waals surface area contributed by atoms with Crippen molar-refractivity contribution in [3.63, 3.8) is 0 Å². The summed E-state index contributed by atoms with van der Waals surface area (Å²) in [6, 6.07) is 9.23. The SMILES string of the molecule is O=C(CS(=O)(=O)CCCOCCc1ccc(F)cc1)NCCc1ccc(O)c2[nH]c(=O)sc12. The van der Waals surface area contributed by atoms with Gasteiger partial charge in [0, 0.05) is 13.2 Å². The van der Waals surface area contributed by atoms with Crippen molar-refractivity contribution in [3.05, 3.63) is 63.0 Å². The molecule has 0 radical (unpaired) electrons. The van der Waals surface area contributed by atoms with Crippen molar-refractivity contribution in [2.75, 3.05) is 31.3 Å². The number of aromatic amines is 1. The van der Waals surface area contributed by atoms with E-state index in [0.717, 1.165) is 22.5 Å². The smallest absolute Gasteiger partial charge is 0.305 e. The standard InChI is InChI=1S/C22H25FN2O6S2/c23-17-5-2-15(3-6-17)9-12-31-11-1-13-33(29,30)14-19(27)24-10-8-16-4-7-18(26)20-21(16)32-22(28)25-20/h2-7,26H,1,8-14H2,(H,24,27)(H,25,28). The molecular formula is C22H25FN2O6S2. The van der Waals surface area contributed by atoms with E-state index in [2.05, 4.69) is 10.3 Å². The van der Waals surface area contributed by atoms with Crippen molar-refractivity contribution in [2.24, 2.45) is 0 Å². The summed E-state index contributed by atoms with van der Waals surface area (Å²) >= 11 is 0.969. The van der Waals surface area contributed by atoms with Gasteiger partial charge in [-0.2, -0.15) is 0 Å². The second-order valence-electron chi connectivity index (χ2n) is 7.50. The van der Waals surface area contributed by atoms with Crippen LogP contribution in [-0.2, 0) is 32.2 Å². The molecule has 8 nitrogen and oxygen atoms in total. The maximum absolute atomic E-state index is 12.9. The summed E-state index contributed by atoms with van der Waals surface area (Å²) in [5.41, 5.74) is 2.06. The summed E-state index contributed by atoms with van der Waals surface area (Å²) in [7, 11) is -3.57. The number of amides is 1. The van der Waals surface area contributed by atoms with Gasteiger partial charge in [-0.05, 0) is 48.6 Å². The van der Waals surface area contributed by atoms with Gasteiger partial charge in [-0.15, -0.1) is 0 Å². The number of ether oxygens (including phenoxy) is 1. The van der Waals surface area contributed by atoms with E-state index >= 15 is 0 Å². The minimum atomic E-state index is -3.57. The number of halogens is 1. The fraction of sp³-hybridized carbons (Fsp3) is 0.364. The Morgan fingerprint density at radius 3 is 2.64 bits per heavy atom. The van der Waals surface area contributed by atoms with Gasteiger partial charge in [0.15, 0.2) is 9.84 Å². The van der Waals surface area contributed by atoms with Gasteiger partial charge >= 0.3 is 4.87 Å². The number of rotatable bonds is 12. The molecule has 3 aromatic rings. The van der Waals surface area contributed by atoms with Crippen molar-refractivity contribution in [1.82, 2.24) is 10.3 Å². The highest BCUT2D eigenvalue weighted by atomic mass is 32.2. The van der Waals surface area contributed by atoms with Crippen molar-refractivity contribution in [3.8, 4) is 5.75 Å². The van der Waals surface area contributed by atoms with Gasteiger partial charge in [-0.3, -0.25) is 9.59 Å². The second-order valence-corrected chi connectivity index (χ2v) is 10.7. The molecule has 0 fully saturated rings. The zero-order valence-electron chi connectivity index (χ0n) is 17.8. The number of hydrogen-bond donors (Lipinski definition) is 3. The Morgan fingerprint density at radius 1 is 1.12 bits per heavy atom. The molecule has 0 spiro atoms. The average Bonchev–Trinajstić information content (AvgIpc) is 3.16. The molecule has 0 saturated carbocycles. The van der Waals surface area contributed by atoms with Crippen LogP contribution in [0, 0.1) is 5.82 Å². The van der Waals surface area contributed by atoms with Crippen molar-refractivity contribution >= 4 is 37.3 Å². The normalized spacial score (nSPS) is 11.7. The number of thiazole rings is 1. The highest BCUT2D eigenvalue weighted by Gasteiger charge is 2.16. The zero-order valence-corrected chi connectivity index (χ0v) is 19.4. The van der Waals surface area contributed by atoms with Crippen LogP contribution in [0.2, 0.25) is 0 Å². The summed E-state index contributed by atoms with van der Waals surface area (Å²) < 4.78 is 43.2. The first-order valence-corrected chi connectivity index (χ1v) is 13.0. The molecule has 1 amide bonds. The summed E-state index contributed by atoms with van der Waals surface area (Å²) in [5.74, 6) is -1.69. The number of nitrogens with one attached hydrogen (secondary N) is 2. The summed E-state index contributed by atoms with van der Waals surface area (Å²) in [4.78, 5) is 25.9. The molecular weight excluding hydrogens is 471 g/mol. The number of carbonyl (C=O) groups excluding carboxylic acids is 1. The first-order chi connectivity index (χ1) is 15.7. The van der Waals surface area contributed by atoms with E-state index in [1.165, 1.54) is 18.2 Å². The third kappa shape index (κ3) is 7.65. The molecule has 1 heterocycles. The van der Waals surface area contributed by atoms with Crippen molar-refractivity contribution in [1.29, 1.82) is 0 Å². The molecule has 11 heteroatoms.